The number of hydrogen-bond donors (Lipinski definition) is 0. The zero-order chi connectivity index (χ0) is 19.7. The van der Waals surface area contributed by atoms with Crippen LogP contribution in [-0.2, 0) is 4.79 Å². The van der Waals surface area contributed by atoms with Crippen LogP contribution in [-0.4, -0.2) is 18.7 Å². The van der Waals surface area contributed by atoms with Gasteiger partial charge in [0.15, 0.2) is 0 Å². The second-order valence-corrected chi connectivity index (χ2v) is 7.08. The molecule has 0 N–H and O–H groups in total. The molecule has 1 heterocycles. The Balaban J connectivity index is 2.00. The molecule has 3 heteroatoms. The minimum absolute atomic E-state index is 0.0426. The first kappa shape index (κ1) is 17.9. The van der Waals surface area contributed by atoms with Crippen molar-refractivity contribution in [3.63, 3.8) is 0 Å². The van der Waals surface area contributed by atoms with Gasteiger partial charge in [-0.15, -0.1) is 0 Å². The van der Waals surface area contributed by atoms with Crippen molar-refractivity contribution in [2.24, 2.45) is 4.99 Å². The molecule has 0 unspecified atom stereocenters. The Labute approximate surface area is 165 Å². The number of aliphatic imine (C=N–C) groups is 1. The van der Waals surface area contributed by atoms with Crippen molar-refractivity contribution in [1.82, 2.24) is 0 Å². The summed E-state index contributed by atoms with van der Waals surface area (Å²) in [7, 11) is 1.82. The van der Waals surface area contributed by atoms with E-state index in [9.17, 15) is 4.79 Å². The molecule has 0 aliphatic carbocycles. The molecule has 1 amide bonds. The van der Waals surface area contributed by atoms with Gasteiger partial charge in [-0.3, -0.25) is 4.79 Å². The average molecular weight is 366 g/mol. The maximum Gasteiger partial charge on any atom is 0.258 e. The van der Waals surface area contributed by atoms with E-state index in [-0.39, 0.29) is 5.91 Å². The number of anilines is 1. The number of rotatable bonds is 2. The first-order valence-electron chi connectivity index (χ1n) is 9.35. The van der Waals surface area contributed by atoms with Gasteiger partial charge in [0, 0.05) is 18.2 Å². The Morgan fingerprint density at radius 1 is 0.786 bits per heavy atom. The van der Waals surface area contributed by atoms with E-state index in [0.29, 0.717) is 5.57 Å². The van der Waals surface area contributed by atoms with E-state index in [2.05, 4.69) is 19.9 Å². The summed E-state index contributed by atoms with van der Waals surface area (Å²) >= 11 is 0. The van der Waals surface area contributed by atoms with Gasteiger partial charge in [0.2, 0.25) is 0 Å². The molecule has 3 aromatic rings. The van der Waals surface area contributed by atoms with Gasteiger partial charge in [0.05, 0.1) is 17.1 Å². The van der Waals surface area contributed by atoms with Crippen LogP contribution in [0.5, 0.6) is 0 Å². The molecular formula is C25H22N2O. The summed E-state index contributed by atoms with van der Waals surface area (Å²) in [6, 6.07) is 23.9. The Morgan fingerprint density at radius 3 is 2.00 bits per heavy atom. The van der Waals surface area contributed by atoms with Crippen molar-refractivity contribution >= 4 is 28.6 Å². The Bertz CT molecular complexity index is 1100. The van der Waals surface area contributed by atoms with Crippen LogP contribution >= 0.6 is 0 Å². The van der Waals surface area contributed by atoms with E-state index in [1.165, 1.54) is 0 Å². The van der Waals surface area contributed by atoms with E-state index in [4.69, 9.17) is 4.99 Å². The topological polar surface area (TPSA) is 32.7 Å². The second-order valence-electron chi connectivity index (χ2n) is 7.08. The van der Waals surface area contributed by atoms with Gasteiger partial charge >= 0.3 is 0 Å². The SMILES string of the molecule is Cc1cc2c(cc1C)N(C)C(=O)/C(c1ccccc1)=C\C(c1ccccc1)=N2. The van der Waals surface area contributed by atoms with Crippen molar-refractivity contribution < 1.29 is 4.79 Å². The highest BCUT2D eigenvalue weighted by Gasteiger charge is 2.24. The molecular weight excluding hydrogens is 344 g/mol. The summed E-state index contributed by atoms with van der Waals surface area (Å²) < 4.78 is 0. The van der Waals surface area contributed by atoms with Crippen molar-refractivity contribution in [1.29, 1.82) is 0 Å². The smallest absolute Gasteiger partial charge is 0.258 e. The number of likely N-dealkylation sites (N-methyl/N-ethyl adjacent to an activating group) is 1. The molecule has 0 aromatic heterocycles. The third-order valence-electron chi connectivity index (χ3n) is 5.16. The van der Waals surface area contributed by atoms with Gasteiger partial charge in [-0.1, -0.05) is 60.7 Å². The maximum atomic E-state index is 13.4. The molecule has 1 aliphatic rings. The van der Waals surface area contributed by atoms with Crippen molar-refractivity contribution in [3.05, 3.63) is 101 Å². The van der Waals surface area contributed by atoms with Gasteiger partial charge in [-0.2, -0.15) is 0 Å². The summed E-state index contributed by atoms with van der Waals surface area (Å²) in [5.41, 5.74) is 7.21. The molecule has 0 bridgehead atoms. The van der Waals surface area contributed by atoms with E-state index in [0.717, 1.165) is 39.3 Å². The lowest BCUT2D eigenvalue weighted by Gasteiger charge is -2.24. The summed E-state index contributed by atoms with van der Waals surface area (Å²) in [5.74, 6) is -0.0426. The van der Waals surface area contributed by atoms with E-state index in [1.54, 1.807) is 4.90 Å². The fraction of sp³-hybridized carbons (Fsp3) is 0.120. The van der Waals surface area contributed by atoms with Crippen molar-refractivity contribution in [3.8, 4) is 0 Å². The molecule has 0 fully saturated rings. The van der Waals surface area contributed by atoms with Crippen LogP contribution in [0, 0.1) is 13.8 Å². The zero-order valence-corrected chi connectivity index (χ0v) is 16.3. The van der Waals surface area contributed by atoms with Gasteiger partial charge in [0.1, 0.15) is 0 Å². The fourth-order valence-corrected chi connectivity index (χ4v) is 3.38. The van der Waals surface area contributed by atoms with Crippen molar-refractivity contribution in [2.45, 2.75) is 13.8 Å². The highest BCUT2D eigenvalue weighted by molar-refractivity contribution is 6.32. The number of amides is 1. The number of fused-ring (bicyclic) bond motifs is 1. The molecule has 28 heavy (non-hydrogen) atoms. The Hall–Kier alpha value is -3.46. The summed E-state index contributed by atoms with van der Waals surface area (Å²) in [4.78, 5) is 20.1. The largest absolute Gasteiger partial charge is 0.309 e. The number of benzene rings is 3. The predicted octanol–water partition coefficient (Wildman–Crippen LogP) is 5.48. The van der Waals surface area contributed by atoms with Crippen LogP contribution in [0.15, 0.2) is 83.9 Å². The van der Waals surface area contributed by atoms with Crippen molar-refractivity contribution in [2.75, 3.05) is 11.9 Å². The molecule has 3 nitrogen and oxygen atoms in total. The third kappa shape index (κ3) is 3.27. The van der Waals surface area contributed by atoms with Gasteiger partial charge in [-0.25, -0.2) is 4.99 Å². The number of carbonyl (C=O) groups is 1. The van der Waals surface area contributed by atoms with Gasteiger partial charge in [0.25, 0.3) is 5.91 Å². The number of nitrogens with zero attached hydrogens (tertiary/aromatic N) is 2. The van der Waals surface area contributed by atoms with E-state index < -0.39 is 0 Å². The molecule has 0 spiro atoms. The summed E-state index contributed by atoms with van der Waals surface area (Å²) in [5, 5.41) is 0. The van der Waals surface area contributed by atoms with Crippen LogP contribution in [0.1, 0.15) is 22.3 Å². The molecule has 4 rings (SSSR count). The van der Waals surface area contributed by atoms with Gasteiger partial charge < -0.3 is 4.90 Å². The number of hydrogen-bond acceptors (Lipinski definition) is 2. The lowest BCUT2D eigenvalue weighted by molar-refractivity contribution is -0.113. The van der Waals surface area contributed by atoms with Crippen LogP contribution in [0.4, 0.5) is 11.4 Å². The second kappa shape index (κ2) is 7.28. The molecule has 1 aliphatic heterocycles. The predicted molar refractivity (Wildman–Crippen MR) is 116 cm³/mol. The normalized spacial score (nSPS) is 15.8. The minimum Gasteiger partial charge on any atom is -0.309 e. The average Bonchev–Trinajstić information content (AvgIpc) is 2.73. The van der Waals surface area contributed by atoms with E-state index >= 15 is 0 Å². The minimum atomic E-state index is -0.0426. The third-order valence-corrected chi connectivity index (χ3v) is 5.16. The number of carbonyl (C=O) groups excluding carboxylic acids is 1. The van der Waals surface area contributed by atoms with Crippen LogP contribution in [0.25, 0.3) is 5.57 Å². The zero-order valence-electron chi connectivity index (χ0n) is 16.3. The van der Waals surface area contributed by atoms with Crippen LogP contribution < -0.4 is 4.90 Å². The van der Waals surface area contributed by atoms with Crippen LogP contribution in [0.2, 0.25) is 0 Å². The molecule has 0 saturated carbocycles. The lowest BCUT2D eigenvalue weighted by Crippen LogP contribution is -2.28. The standard InChI is InChI=1S/C25H22N2O/c1-17-14-23-24(15-18(17)2)27(3)25(28)21(19-10-6-4-7-11-19)16-22(26-23)20-12-8-5-9-13-20/h4-16H,1-3H3/b21-16-,26-22?. The summed E-state index contributed by atoms with van der Waals surface area (Å²) in [6.45, 7) is 4.13. The quantitative estimate of drug-likeness (QED) is 0.591. The van der Waals surface area contributed by atoms with Gasteiger partial charge in [-0.05, 0) is 48.7 Å². The fourth-order valence-electron chi connectivity index (χ4n) is 3.38. The van der Waals surface area contributed by atoms with E-state index in [1.807, 2.05) is 79.9 Å². The number of allylic oxidation sites excluding steroid dienone is 1. The number of aryl methyl sites for hydroxylation is 2. The Kier molecular flexibility index (Phi) is 4.66. The first-order valence-corrected chi connectivity index (χ1v) is 9.35. The molecule has 3 aromatic carbocycles. The van der Waals surface area contributed by atoms with Crippen LogP contribution in [0.3, 0.4) is 0 Å². The maximum absolute atomic E-state index is 13.4. The highest BCUT2D eigenvalue weighted by atomic mass is 16.2. The lowest BCUT2D eigenvalue weighted by atomic mass is 9.98. The molecule has 0 atom stereocenters. The first-order chi connectivity index (χ1) is 13.5. The highest BCUT2D eigenvalue weighted by Crippen LogP contribution is 2.35. The Morgan fingerprint density at radius 2 is 1.36 bits per heavy atom. The molecule has 0 saturated heterocycles. The molecule has 0 radical (unpaired) electrons. The summed E-state index contributed by atoms with van der Waals surface area (Å²) in [6.07, 6.45) is 1.90. The molecule has 138 valence electrons. The monoisotopic (exact) mass is 366 g/mol.